The monoisotopic (exact) mass is 255 g/mol. The Morgan fingerprint density at radius 2 is 2.00 bits per heavy atom. The second-order valence-electron chi connectivity index (χ2n) is 3.73. The lowest BCUT2D eigenvalue weighted by Crippen LogP contribution is -2.29. The summed E-state index contributed by atoms with van der Waals surface area (Å²) in [5.41, 5.74) is 5.23. The summed E-state index contributed by atoms with van der Waals surface area (Å²) in [5, 5.41) is 7.08. The Morgan fingerprint density at radius 3 is 2.47 bits per heavy atom. The smallest absolute Gasteiger partial charge is 0.388 e. The van der Waals surface area contributed by atoms with Crippen LogP contribution in [0, 0.1) is 5.41 Å². The van der Waals surface area contributed by atoms with E-state index in [1.54, 1.807) is 0 Å². The first-order valence-corrected chi connectivity index (χ1v) is 5.55. The van der Waals surface area contributed by atoms with Crippen molar-refractivity contribution in [3.63, 3.8) is 0 Å². The van der Waals surface area contributed by atoms with Crippen molar-refractivity contribution < 1.29 is 17.9 Å². The van der Waals surface area contributed by atoms with Crippen LogP contribution in [0.3, 0.4) is 0 Å². The molecule has 0 spiro atoms. The van der Waals surface area contributed by atoms with Crippen LogP contribution in [-0.2, 0) is 4.74 Å². The third kappa shape index (κ3) is 11.4. The van der Waals surface area contributed by atoms with Crippen LogP contribution >= 0.6 is 0 Å². The topological polar surface area (TPSA) is 62.3 Å². The van der Waals surface area contributed by atoms with Gasteiger partial charge < -0.3 is 15.4 Å². The molecule has 0 saturated heterocycles. The molecule has 0 heterocycles. The van der Waals surface area contributed by atoms with Gasteiger partial charge in [-0.2, -0.15) is 13.2 Å². The molecule has 0 aromatic heterocycles. The van der Waals surface area contributed by atoms with Gasteiger partial charge in [0.25, 0.3) is 0 Å². The second-order valence-corrected chi connectivity index (χ2v) is 3.73. The molecule has 0 bridgehead atoms. The van der Waals surface area contributed by atoms with Crippen molar-refractivity contribution in [2.24, 2.45) is 5.73 Å². The Kier molecular flexibility index (Phi) is 7.90. The standard InChI is InChI=1S/C10H20F3N3O/c1-2-16(6-4-9(14)15)5-3-7-17-8-10(11,12)13/h2-8H2,1H3,(H3,14,15). The average molecular weight is 255 g/mol. The number of hydrogen-bond acceptors (Lipinski definition) is 3. The lowest BCUT2D eigenvalue weighted by molar-refractivity contribution is -0.174. The van der Waals surface area contributed by atoms with E-state index < -0.39 is 12.8 Å². The number of rotatable bonds is 9. The molecule has 0 saturated carbocycles. The Morgan fingerprint density at radius 1 is 1.35 bits per heavy atom. The molecule has 0 amide bonds. The molecular weight excluding hydrogens is 235 g/mol. The molecule has 4 nitrogen and oxygen atoms in total. The molecule has 0 atom stereocenters. The summed E-state index contributed by atoms with van der Waals surface area (Å²) in [4.78, 5) is 2.03. The molecule has 0 aliphatic heterocycles. The van der Waals surface area contributed by atoms with Crippen LogP contribution in [0.15, 0.2) is 0 Å². The lowest BCUT2D eigenvalue weighted by Gasteiger charge is -2.19. The van der Waals surface area contributed by atoms with Crippen LogP contribution in [0.5, 0.6) is 0 Å². The van der Waals surface area contributed by atoms with E-state index in [1.165, 1.54) is 0 Å². The minimum Gasteiger partial charge on any atom is -0.388 e. The first-order valence-electron chi connectivity index (χ1n) is 5.55. The van der Waals surface area contributed by atoms with Crippen molar-refractivity contribution >= 4 is 5.84 Å². The fourth-order valence-electron chi connectivity index (χ4n) is 1.28. The van der Waals surface area contributed by atoms with Crippen molar-refractivity contribution in [1.29, 1.82) is 5.41 Å². The number of nitrogens with one attached hydrogen (secondary N) is 1. The highest BCUT2D eigenvalue weighted by Gasteiger charge is 2.27. The normalized spacial score (nSPS) is 12.1. The molecule has 0 rings (SSSR count). The van der Waals surface area contributed by atoms with Gasteiger partial charge >= 0.3 is 6.18 Å². The highest BCUT2D eigenvalue weighted by Crippen LogP contribution is 2.14. The third-order valence-corrected chi connectivity index (χ3v) is 2.17. The molecule has 17 heavy (non-hydrogen) atoms. The zero-order chi connectivity index (χ0) is 13.3. The number of alkyl halides is 3. The van der Waals surface area contributed by atoms with Crippen LogP contribution in [-0.4, -0.2) is 49.8 Å². The maximum absolute atomic E-state index is 11.7. The molecule has 102 valence electrons. The Balaban J connectivity index is 3.53. The van der Waals surface area contributed by atoms with Crippen LogP contribution in [0.1, 0.15) is 19.8 Å². The summed E-state index contributed by atoms with van der Waals surface area (Å²) in [7, 11) is 0. The number of hydrogen-bond donors (Lipinski definition) is 2. The number of halogens is 3. The van der Waals surface area contributed by atoms with Crippen molar-refractivity contribution in [2.45, 2.75) is 25.9 Å². The SMILES string of the molecule is CCN(CCCOCC(F)(F)F)CCC(=N)N. The number of nitrogens with zero attached hydrogens (tertiary/aromatic N) is 1. The molecule has 0 unspecified atom stereocenters. The quantitative estimate of drug-likeness (QED) is 0.374. The van der Waals surface area contributed by atoms with Gasteiger partial charge in [0.2, 0.25) is 0 Å². The van der Waals surface area contributed by atoms with E-state index in [-0.39, 0.29) is 12.4 Å². The van der Waals surface area contributed by atoms with Gasteiger partial charge in [-0.3, -0.25) is 5.41 Å². The van der Waals surface area contributed by atoms with E-state index >= 15 is 0 Å². The van der Waals surface area contributed by atoms with Crippen LogP contribution in [0.4, 0.5) is 13.2 Å². The van der Waals surface area contributed by atoms with Crippen molar-refractivity contribution in [3.8, 4) is 0 Å². The fraction of sp³-hybridized carbons (Fsp3) is 0.900. The van der Waals surface area contributed by atoms with Crippen molar-refractivity contribution in [2.75, 3.05) is 32.8 Å². The van der Waals surface area contributed by atoms with Gasteiger partial charge in [-0.1, -0.05) is 6.92 Å². The van der Waals surface area contributed by atoms with Crippen LogP contribution < -0.4 is 5.73 Å². The zero-order valence-corrected chi connectivity index (χ0v) is 10.0. The van der Waals surface area contributed by atoms with Gasteiger partial charge in [0.1, 0.15) is 6.61 Å². The van der Waals surface area contributed by atoms with E-state index in [1.807, 2.05) is 11.8 Å². The van der Waals surface area contributed by atoms with Gasteiger partial charge in [0.05, 0.1) is 5.84 Å². The minimum absolute atomic E-state index is 0.0933. The predicted molar refractivity (Wildman–Crippen MR) is 60.1 cm³/mol. The first-order chi connectivity index (χ1) is 7.85. The highest BCUT2D eigenvalue weighted by atomic mass is 19.4. The third-order valence-electron chi connectivity index (χ3n) is 2.17. The zero-order valence-electron chi connectivity index (χ0n) is 10.0. The summed E-state index contributed by atoms with van der Waals surface area (Å²) in [6, 6.07) is 0. The Labute approximate surface area is 99.4 Å². The molecular formula is C10H20F3N3O. The molecule has 3 N–H and O–H groups in total. The number of amidine groups is 1. The largest absolute Gasteiger partial charge is 0.411 e. The van der Waals surface area contributed by atoms with E-state index in [0.717, 1.165) is 6.54 Å². The van der Waals surface area contributed by atoms with Crippen LogP contribution in [0.2, 0.25) is 0 Å². The summed E-state index contributed by atoms with van der Waals surface area (Å²) < 4.78 is 39.7. The molecule has 0 radical (unpaired) electrons. The fourth-order valence-corrected chi connectivity index (χ4v) is 1.28. The van der Waals surface area contributed by atoms with E-state index in [9.17, 15) is 13.2 Å². The lowest BCUT2D eigenvalue weighted by atomic mass is 10.3. The number of ether oxygens (including phenoxy) is 1. The summed E-state index contributed by atoms with van der Waals surface area (Å²) >= 11 is 0. The minimum atomic E-state index is -4.25. The molecule has 0 aromatic rings. The molecule has 0 aliphatic carbocycles. The first kappa shape index (κ1) is 16.2. The summed E-state index contributed by atoms with van der Waals surface area (Å²) in [5.74, 6) is 0.122. The second kappa shape index (κ2) is 8.30. The van der Waals surface area contributed by atoms with Gasteiger partial charge in [0, 0.05) is 26.1 Å². The van der Waals surface area contributed by atoms with Crippen LogP contribution in [0.25, 0.3) is 0 Å². The van der Waals surface area contributed by atoms with E-state index in [0.29, 0.717) is 25.9 Å². The molecule has 7 heteroatoms. The van der Waals surface area contributed by atoms with E-state index in [4.69, 9.17) is 11.1 Å². The molecule has 0 aromatic carbocycles. The maximum atomic E-state index is 11.7. The van der Waals surface area contributed by atoms with Gasteiger partial charge in [0.15, 0.2) is 0 Å². The molecule has 0 fully saturated rings. The summed E-state index contributed by atoms with van der Waals surface area (Å²) in [6.45, 7) is 2.96. The van der Waals surface area contributed by atoms with Gasteiger partial charge in [-0.15, -0.1) is 0 Å². The number of nitrogens with two attached hydrogens (primary N) is 1. The van der Waals surface area contributed by atoms with Gasteiger partial charge in [-0.05, 0) is 13.0 Å². The van der Waals surface area contributed by atoms with Crippen molar-refractivity contribution in [1.82, 2.24) is 4.90 Å². The average Bonchev–Trinajstić information content (AvgIpc) is 2.20. The maximum Gasteiger partial charge on any atom is 0.411 e. The summed E-state index contributed by atoms with van der Waals surface area (Å²) in [6.07, 6.45) is -3.22. The van der Waals surface area contributed by atoms with E-state index in [2.05, 4.69) is 4.74 Å². The van der Waals surface area contributed by atoms with Crippen molar-refractivity contribution in [3.05, 3.63) is 0 Å². The predicted octanol–water partition coefficient (Wildman–Crippen LogP) is 1.60. The Hall–Kier alpha value is -0.820. The Bertz CT molecular complexity index is 221. The highest BCUT2D eigenvalue weighted by molar-refractivity contribution is 5.76. The molecule has 0 aliphatic rings. The van der Waals surface area contributed by atoms with Gasteiger partial charge in [-0.25, -0.2) is 0 Å².